The third kappa shape index (κ3) is 5.47. The number of carbonyl (C=O) groups excluding carboxylic acids is 1. The first-order valence-corrected chi connectivity index (χ1v) is 9.68. The molecule has 2 atom stereocenters. The SMILES string of the molecule is C[C@@H](NC(=O)N1CCCC[C@H]1CNS(C)(=O)=O)c1ccccn1. The first kappa shape index (κ1) is 17.7. The number of nitrogens with one attached hydrogen (secondary N) is 2. The van der Waals surface area contributed by atoms with Crippen LogP contribution in [0.2, 0.25) is 0 Å². The van der Waals surface area contributed by atoms with Crippen LogP contribution in [0.15, 0.2) is 24.4 Å². The lowest BCUT2D eigenvalue weighted by molar-refractivity contribution is 0.149. The molecule has 2 N–H and O–H groups in total. The van der Waals surface area contributed by atoms with E-state index in [-0.39, 0.29) is 24.7 Å². The summed E-state index contributed by atoms with van der Waals surface area (Å²) in [6, 6.07) is 5.08. The molecule has 2 rings (SSSR count). The summed E-state index contributed by atoms with van der Waals surface area (Å²) in [5.41, 5.74) is 0.795. The molecule has 8 heteroatoms. The van der Waals surface area contributed by atoms with Crippen molar-refractivity contribution in [1.82, 2.24) is 19.9 Å². The van der Waals surface area contributed by atoms with E-state index in [0.717, 1.165) is 31.2 Å². The number of carbonyl (C=O) groups is 1. The van der Waals surface area contributed by atoms with E-state index in [1.807, 2.05) is 25.1 Å². The Morgan fingerprint density at radius 2 is 2.22 bits per heavy atom. The van der Waals surface area contributed by atoms with E-state index in [1.165, 1.54) is 0 Å². The Morgan fingerprint density at radius 1 is 1.43 bits per heavy atom. The Balaban J connectivity index is 1.97. The number of urea groups is 1. The summed E-state index contributed by atoms with van der Waals surface area (Å²) in [6.07, 6.45) is 5.55. The highest BCUT2D eigenvalue weighted by Gasteiger charge is 2.28. The maximum absolute atomic E-state index is 12.5. The van der Waals surface area contributed by atoms with Gasteiger partial charge in [0.15, 0.2) is 0 Å². The first-order valence-electron chi connectivity index (χ1n) is 7.79. The van der Waals surface area contributed by atoms with Crippen molar-refractivity contribution in [2.75, 3.05) is 19.3 Å². The van der Waals surface area contributed by atoms with E-state index >= 15 is 0 Å². The van der Waals surface area contributed by atoms with Crippen LogP contribution in [-0.4, -0.2) is 49.7 Å². The number of hydrogen-bond donors (Lipinski definition) is 2. The van der Waals surface area contributed by atoms with Crippen LogP contribution in [-0.2, 0) is 10.0 Å². The molecule has 128 valence electrons. The molecule has 23 heavy (non-hydrogen) atoms. The number of rotatable bonds is 5. The fourth-order valence-corrected chi connectivity index (χ4v) is 3.20. The van der Waals surface area contributed by atoms with Crippen molar-refractivity contribution in [3.63, 3.8) is 0 Å². The van der Waals surface area contributed by atoms with Gasteiger partial charge in [0.25, 0.3) is 0 Å². The minimum atomic E-state index is -3.26. The van der Waals surface area contributed by atoms with E-state index in [1.54, 1.807) is 11.1 Å². The van der Waals surface area contributed by atoms with Crippen LogP contribution in [0.5, 0.6) is 0 Å². The van der Waals surface area contributed by atoms with Gasteiger partial charge in [-0.2, -0.15) is 0 Å². The second kappa shape index (κ2) is 7.74. The summed E-state index contributed by atoms with van der Waals surface area (Å²) in [6.45, 7) is 2.77. The van der Waals surface area contributed by atoms with Gasteiger partial charge in [0.1, 0.15) is 0 Å². The Kier molecular flexibility index (Phi) is 5.95. The van der Waals surface area contributed by atoms with Crippen molar-refractivity contribution in [2.24, 2.45) is 0 Å². The average molecular weight is 340 g/mol. The summed E-state index contributed by atoms with van der Waals surface area (Å²) >= 11 is 0. The summed E-state index contributed by atoms with van der Waals surface area (Å²) < 4.78 is 25.0. The molecule has 1 aliphatic rings. The molecule has 0 aromatic carbocycles. The van der Waals surface area contributed by atoms with Crippen molar-refractivity contribution >= 4 is 16.1 Å². The average Bonchev–Trinajstić information content (AvgIpc) is 2.53. The van der Waals surface area contributed by atoms with Gasteiger partial charge in [0, 0.05) is 25.3 Å². The van der Waals surface area contributed by atoms with Gasteiger partial charge in [-0.25, -0.2) is 17.9 Å². The lowest BCUT2D eigenvalue weighted by Crippen LogP contribution is -2.53. The number of amides is 2. The van der Waals surface area contributed by atoms with Gasteiger partial charge in [0.2, 0.25) is 10.0 Å². The predicted molar refractivity (Wildman–Crippen MR) is 88.4 cm³/mol. The minimum Gasteiger partial charge on any atom is -0.330 e. The van der Waals surface area contributed by atoms with Crippen molar-refractivity contribution in [1.29, 1.82) is 0 Å². The fraction of sp³-hybridized carbons (Fsp3) is 0.600. The predicted octanol–water partition coefficient (Wildman–Crippen LogP) is 1.26. The molecule has 7 nitrogen and oxygen atoms in total. The molecule has 0 saturated carbocycles. The van der Waals surface area contributed by atoms with Gasteiger partial charge in [-0.15, -0.1) is 0 Å². The highest BCUT2D eigenvalue weighted by molar-refractivity contribution is 7.88. The largest absolute Gasteiger partial charge is 0.330 e. The molecule has 0 unspecified atom stereocenters. The molecule has 1 aromatic heterocycles. The fourth-order valence-electron chi connectivity index (χ4n) is 2.70. The van der Waals surface area contributed by atoms with Gasteiger partial charge in [0.05, 0.1) is 18.0 Å². The molecule has 0 radical (unpaired) electrons. The third-order valence-electron chi connectivity index (χ3n) is 3.94. The van der Waals surface area contributed by atoms with Gasteiger partial charge in [-0.05, 0) is 38.3 Å². The highest BCUT2D eigenvalue weighted by Crippen LogP contribution is 2.18. The summed E-state index contributed by atoms with van der Waals surface area (Å²) in [5.74, 6) is 0. The van der Waals surface area contributed by atoms with E-state index in [2.05, 4.69) is 15.0 Å². The van der Waals surface area contributed by atoms with E-state index in [4.69, 9.17) is 0 Å². The maximum atomic E-state index is 12.5. The molecule has 2 heterocycles. The molecule has 0 bridgehead atoms. The second-order valence-corrected chi connectivity index (χ2v) is 7.72. The second-order valence-electron chi connectivity index (χ2n) is 5.89. The van der Waals surface area contributed by atoms with Crippen LogP contribution in [0.1, 0.15) is 37.9 Å². The molecular formula is C15H24N4O3S. The van der Waals surface area contributed by atoms with Crippen molar-refractivity contribution in [2.45, 2.75) is 38.3 Å². The number of hydrogen-bond acceptors (Lipinski definition) is 4. The molecule has 0 spiro atoms. The number of nitrogens with zero attached hydrogens (tertiary/aromatic N) is 2. The molecule has 2 amide bonds. The zero-order chi connectivity index (χ0) is 16.9. The first-order chi connectivity index (χ1) is 10.9. The van der Waals surface area contributed by atoms with Crippen molar-refractivity contribution < 1.29 is 13.2 Å². The van der Waals surface area contributed by atoms with Crippen LogP contribution in [0.3, 0.4) is 0 Å². The molecule has 1 aromatic rings. The number of pyridine rings is 1. The summed E-state index contributed by atoms with van der Waals surface area (Å²) in [7, 11) is -3.26. The van der Waals surface area contributed by atoms with Crippen LogP contribution >= 0.6 is 0 Å². The van der Waals surface area contributed by atoms with Crippen LogP contribution in [0.25, 0.3) is 0 Å². The Labute approximate surface area is 137 Å². The van der Waals surface area contributed by atoms with Crippen LogP contribution < -0.4 is 10.0 Å². The van der Waals surface area contributed by atoms with Crippen LogP contribution in [0, 0.1) is 0 Å². The smallest absolute Gasteiger partial charge is 0.318 e. The quantitative estimate of drug-likeness (QED) is 0.844. The molecular weight excluding hydrogens is 316 g/mol. The normalized spacial score (nSPS) is 20.1. The van der Waals surface area contributed by atoms with E-state index in [0.29, 0.717) is 6.54 Å². The van der Waals surface area contributed by atoms with Gasteiger partial charge in [-0.3, -0.25) is 4.98 Å². The summed E-state index contributed by atoms with van der Waals surface area (Å²) in [5, 5.41) is 2.94. The molecule has 1 aliphatic heterocycles. The zero-order valence-electron chi connectivity index (χ0n) is 13.5. The van der Waals surface area contributed by atoms with Gasteiger partial charge in [-0.1, -0.05) is 6.07 Å². The van der Waals surface area contributed by atoms with Gasteiger partial charge < -0.3 is 10.2 Å². The number of piperidine rings is 1. The third-order valence-corrected chi connectivity index (χ3v) is 4.63. The Morgan fingerprint density at radius 3 is 2.87 bits per heavy atom. The monoisotopic (exact) mass is 340 g/mol. The minimum absolute atomic E-state index is 0.116. The molecule has 1 fully saturated rings. The number of aromatic nitrogens is 1. The maximum Gasteiger partial charge on any atom is 0.318 e. The van der Waals surface area contributed by atoms with E-state index in [9.17, 15) is 13.2 Å². The Bertz CT molecular complexity index is 621. The number of likely N-dealkylation sites (tertiary alicyclic amines) is 1. The topological polar surface area (TPSA) is 91.4 Å². The lowest BCUT2D eigenvalue weighted by atomic mass is 10.0. The van der Waals surface area contributed by atoms with E-state index < -0.39 is 10.0 Å². The number of sulfonamides is 1. The van der Waals surface area contributed by atoms with Crippen molar-refractivity contribution in [3.8, 4) is 0 Å². The lowest BCUT2D eigenvalue weighted by Gasteiger charge is -2.36. The zero-order valence-corrected chi connectivity index (χ0v) is 14.3. The van der Waals surface area contributed by atoms with Gasteiger partial charge >= 0.3 is 6.03 Å². The molecule has 0 aliphatic carbocycles. The summed E-state index contributed by atoms with van der Waals surface area (Å²) in [4.78, 5) is 18.5. The Hall–Kier alpha value is -1.67. The standard InChI is InChI=1S/C15H24N4O3S/c1-12(14-8-3-5-9-16-14)18-15(20)19-10-6-4-7-13(19)11-17-23(2,21)22/h3,5,8-9,12-13,17H,4,6-7,10-11H2,1-2H3,(H,18,20)/t12-,13+/m1/s1. The van der Waals surface area contributed by atoms with Crippen molar-refractivity contribution in [3.05, 3.63) is 30.1 Å². The molecule has 1 saturated heterocycles. The highest BCUT2D eigenvalue weighted by atomic mass is 32.2. The van der Waals surface area contributed by atoms with Crippen LogP contribution in [0.4, 0.5) is 4.79 Å².